The van der Waals surface area contributed by atoms with Crippen molar-refractivity contribution < 1.29 is 4.74 Å². The first-order valence-electron chi connectivity index (χ1n) is 9.34. The van der Waals surface area contributed by atoms with Crippen LogP contribution >= 0.6 is 0 Å². The molecule has 0 unspecified atom stereocenters. The Morgan fingerprint density at radius 1 is 1.19 bits per heavy atom. The van der Waals surface area contributed by atoms with Gasteiger partial charge in [-0.15, -0.1) is 0 Å². The molecule has 1 heterocycles. The zero-order valence-electron chi connectivity index (χ0n) is 16.1. The second kappa shape index (κ2) is 11.1. The van der Waals surface area contributed by atoms with E-state index in [2.05, 4.69) is 42.2 Å². The maximum Gasteiger partial charge on any atom is 0.193 e. The third-order valence-electron chi connectivity index (χ3n) is 3.97. The van der Waals surface area contributed by atoms with Crippen LogP contribution in [0, 0.1) is 0 Å². The summed E-state index contributed by atoms with van der Waals surface area (Å²) in [6.07, 6.45) is 4.12. The highest BCUT2D eigenvalue weighted by Gasteiger charge is 2.05. The molecule has 1 aromatic carbocycles. The number of unbranched alkanes of at least 4 members (excludes halogenated alkanes) is 1. The number of nitrogens with one attached hydrogen (secondary N) is 1. The number of benzene rings is 1. The van der Waals surface area contributed by atoms with Crippen LogP contribution in [-0.4, -0.2) is 36.0 Å². The Balaban J connectivity index is 1.97. The average Bonchev–Trinajstić information content (AvgIpc) is 2.69. The molecule has 0 spiro atoms. The standard InChI is InChI=1S/C21H30N4O/c1-4-6-14-25(3)21(22-5-2)24-16-18-10-9-12-20(15-18)26-17-19-11-7-8-13-23-19/h7-13,15H,4-6,14,16-17H2,1-3H3,(H,22,24). The summed E-state index contributed by atoms with van der Waals surface area (Å²) in [7, 11) is 2.09. The zero-order chi connectivity index (χ0) is 18.6. The number of guanidine groups is 1. The van der Waals surface area contributed by atoms with Crippen molar-refractivity contribution in [3.05, 3.63) is 59.9 Å². The monoisotopic (exact) mass is 354 g/mol. The normalized spacial score (nSPS) is 11.3. The van der Waals surface area contributed by atoms with Gasteiger partial charge in [0.25, 0.3) is 0 Å². The molecule has 0 fully saturated rings. The van der Waals surface area contributed by atoms with E-state index in [0.29, 0.717) is 13.2 Å². The fourth-order valence-corrected chi connectivity index (χ4v) is 2.51. The molecule has 2 rings (SSSR count). The maximum atomic E-state index is 5.85. The lowest BCUT2D eigenvalue weighted by atomic mass is 10.2. The fraction of sp³-hybridized carbons (Fsp3) is 0.429. The molecule has 1 aromatic heterocycles. The molecule has 26 heavy (non-hydrogen) atoms. The summed E-state index contributed by atoms with van der Waals surface area (Å²) in [5.74, 6) is 1.79. The maximum absolute atomic E-state index is 5.85. The summed E-state index contributed by atoms with van der Waals surface area (Å²) in [6.45, 7) is 7.26. The van der Waals surface area contributed by atoms with Gasteiger partial charge in [0.2, 0.25) is 0 Å². The number of nitrogens with zero attached hydrogens (tertiary/aromatic N) is 3. The SMILES string of the molecule is CCCCN(C)C(=NCc1cccc(OCc2ccccn2)c1)NCC. The number of pyridine rings is 1. The van der Waals surface area contributed by atoms with Crippen LogP contribution in [0.3, 0.4) is 0 Å². The Hall–Kier alpha value is -2.56. The fourth-order valence-electron chi connectivity index (χ4n) is 2.51. The molecular formula is C21H30N4O. The summed E-state index contributed by atoms with van der Waals surface area (Å²) in [5, 5.41) is 3.36. The molecule has 0 aliphatic carbocycles. The average molecular weight is 354 g/mol. The second-order valence-corrected chi connectivity index (χ2v) is 6.20. The Labute approximate surface area is 157 Å². The molecule has 5 heteroatoms. The molecule has 5 nitrogen and oxygen atoms in total. The summed E-state index contributed by atoms with van der Waals surface area (Å²) < 4.78 is 5.85. The minimum Gasteiger partial charge on any atom is -0.487 e. The van der Waals surface area contributed by atoms with Crippen molar-refractivity contribution in [2.45, 2.75) is 39.8 Å². The Morgan fingerprint density at radius 2 is 2.08 bits per heavy atom. The van der Waals surface area contributed by atoms with Gasteiger partial charge in [0.1, 0.15) is 12.4 Å². The van der Waals surface area contributed by atoms with Crippen molar-refractivity contribution >= 4 is 5.96 Å². The first-order valence-corrected chi connectivity index (χ1v) is 9.34. The molecule has 140 valence electrons. The number of aromatic nitrogens is 1. The van der Waals surface area contributed by atoms with Gasteiger partial charge in [-0.25, -0.2) is 4.99 Å². The van der Waals surface area contributed by atoms with Crippen LogP contribution in [0.2, 0.25) is 0 Å². The zero-order valence-corrected chi connectivity index (χ0v) is 16.1. The van der Waals surface area contributed by atoms with Crippen LogP contribution in [0.25, 0.3) is 0 Å². The van der Waals surface area contributed by atoms with Crippen LogP contribution in [0.4, 0.5) is 0 Å². The summed E-state index contributed by atoms with van der Waals surface area (Å²) in [6, 6.07) is 13.9. The van der Waals surface area contributed by atoms with Crippen LogP contribution < -0.4 is 10.1 Å². The third kappa shape index (κ3) is 6.75. The lowest BCUT2D eigenvalue weighted by molar-refractivity contribution is 0.301. The number of hydrogen-bond donors (Lipinski definition) is 1. The molecule has 0 saturated heterocycles. The van der Waals surface area contributed by atoms with Gasteiger partial charge in [0, 0.05) is 26.3 Å². The molecule has 0 bridgehead atoms. The highest BCUT2D eigenvalue weighted by molar-refractivity contribution is 5.79. The molecule has 0 aliphatic heterocycles. The molecule has 0 aliphatic rings. The van der Waals surface area contributed by atoms with Gasteiger partial charge < -0.3 is 15.0 Å². The number of hydrogen-bond acceptors (Lipinski definition) is 3. The van der Waals surface area contributed by atoms with Crippen molar-refractivity contribution in [1.29, 1.82) is 0 Å². The van der Waals surface area contributed by atoms with Gasteiger partial charge in [-0.05, 0) is 43.2 Å². The minimum absolute atomic E-state index is 0.468. The van der Waals surface area contributed by atoms with E-state index in [-0.39, 0.29) is 0 Å². The summed E-state index contributed by atoms with van der Waals surface area (Å²) in [5.41, 5.74) is 2.05. The molecular weight excluding hydrogens is 324 g/mol. The summed E-state index contributed by atoms with van der Waals surface area (Å²) in [4.78, 5) is 11.2. The van der Waals surface area contributed by atoms with Crippen molar-refractivity contribution in [2.75, 3.05) is 20.1 Å². The van der Waals surface area contributed by atoms with Crippen LogP contribution in [0.5, 0.6) is 5.75 Å². The van der Waals surface area contributed by atoms with E-state index in [1.165, 1.54) is 6.42 Å². The van der Waals surface area contributed by atoms with E-state index in [1.807, 2.05) is 36.4 Å². The van der Waals surface area contributed by atoms with Crippen molar-refractivity contribution in [1.82, 2.24) is 15.2 Å². The number of aliphatic imine (C=N–C) groups is 1. The topological polar surface area (TPSA) is 49.8 Å². The van der Waals surface area contributed by atoms with Crippen LogP contribution in [-0.2, 0) is 13.2 Å². The lowest BCUT2D eigenvalue weighted by Gasteiger charge is -2.21. The van der Waals surface area contributed by atoms with Gasteiger partial charge in [-0.2, -0.15) is 0 Å². The van der Waals surface area contributed by atoms with E-state index in [4.69, 9.17) is 9.73 Å². The number of rotatable bonds is 9. The highest BCUT2D eigenvalue weighted by atomic mass is 16.5. The smallest absolute Gasteiger partial charge is 0.193 e. The second-order valence-electron chi connectivity index (χ2n) is 6.20. The lowest BCUT2D eigenvalue weighted by Crippen LogP contribution is -2.39. The molecule has 2 aromatic rings. The molecule has 1 N–H and O–H groups in total. The van der Waals surface area contributed by atoms with Gasteiger partial charge in [0.15, 0.2) is 5.96 Å². The van der Waals surface area contributed by atoms with Gasteiger partial charge in [0.05, 0.1) is 12.2 Å². The third-order valence-corrected chi connectivity index (χ3v) is 3.97. The quantitative estimate of drug-likeness (QED) is 0.549. The first-order chi connectivity index (χ1) is 12.7. The van der Waals surface area contributed by atoms with Crippen LogP contribution in [0.15, 0.2) is 53.7 Å². The van der Waals surface area contributed by atoms with Crippen molar-refractivity contribution in [2.24, 2.45) is 4.99 Å². The van der Waals surface area contributed by atoms with Gasteiger partial charge in [-0.1, -0.05) is 31.5 Å². The molecule has 0 atom stereocenters. The van der Waals surface area contributed by atoms with Gasteiger partial charge in [-0.3, -0.25) is 4.98 Å². The first kappa shape index (κ1) is 19.8. The van der Waals surface area contributed by atoms with E-state index in [1.54, 1.807) is 6.20 Å². The van der Waals surface area contributed by atoms with E-state index in [0.717, 1.165) is 42.5 Å². The van der Waals surface area contributed by atoms with E-state index >= 15 is 0 Å². The Kier molecular flexibility index (Phi) is 8.46. The predicted molar refractivity (Wildman–Crippen MR) is 107 cm³/mol. The van der Waals surface area contributed by atoms with E-state index < -0.39 is 0 Å². The van der Waals surface area contributed by atoms with E-state index in [9.17, 15) is 0 Å². The Bertz CT molecular complexity index is 673. The molecule has 0 radical (unpaired) electrons. The Morgan fingerprint density at radius 3 is 2.81 bits per heavy atom. The predicted octanol–water partition coefficient (Wildman–Crippen LogP) is 3.86. The van der Waals surface area contributed by atoms with Crippen LogP contribution in [0.1, 0.15) is 37.9 Å². The van der Waals surface area contributed by atoms with Gasteiger partial charge >= 0.3 is 0 Å². The molecule has 0 amide bonds. The van der Waals surface area contributed by atoms with Crippen molar-refractivity contribution in [3.63, 3.8) is 0 Å². The summed E-state index contributed by atoms with van der Waals surface area (Å²) >= 11 is 0. The molecule has 0 saturated carbocycles. The highest BCUT2D eigenvalue weighted by Crippen LogP contribution is 2.15. The minimum atomic E-state index is 0.468. The largest absolute Gasteiger partial charge is 0.487 e. The number of ether oxygens (including phenoxy) is 1. The van der Waals surface area contributed by atoms with Crippen molar-refractivity contribution in [3.8, 4) is 5.75 Å².